The Labute approximate surface area is 95.4 Å². The molecular weight excluding hydrogens is 210 g/mol. The van der Waals surface area contributed by atoms with Gasteiger partial charge in [0.2, 0.25) is 5.91 Å². The Morgan fingerprint density at radius 2 is 2.31 bits per heavy atom. The molecular formula is C11H19NO4. The zero-order valence-corrected chi connectivity index (χ0v) is 9.65. The number of amides is 1. The second kappa shape index (κ2) is 6.48. The van der Waals surface area contributed by atoms with E-state index in [0.717, 1.165) is 19.4 Å². The summed E-state index contributed by atoms with van der Waals surface area (Å²) in [6, 6.07) is 0. The molecule has 5 nitrogen and oxygen atoms in total. The van der Waals surface area contributed by atoms with Crippen molar-refractivity contribution in [3.8, 4) is 0 Å². The highest BCUT2D eigenvalue weighted by atomic mass is 16.5. The second-order valence-electron chi connectivity index (χ2n) is 4.04. The average Bonchev–Trinajstić information content (AvgIpc) is 2.60. The molecule has 5 heteroatoms. The summed E-state index contributed by atoms with van der Waals surface area (Å²) in [6.07, 6.45) is 1.91. The SMILES string of the molecule is CCCOCCCN1CC(C(=O)O)CC1=O. The molecule has 0 bridgehead atoms. The number of aliphatic carboxylic acids is 1. The first kappa shape index (κ1) is 13.0. The van der Waals surface area contributed by atoms with Gasteiger partial charge >= 0.3 is 5.97 Å². The van der Waals surface area contributed by atoms with Crippen molar-refractivity contribution in [1.29, 1.82) is 0 Å². The molecule has 1 unspecified atom stereocenters. The number of rotatable bonds is 7. The highest BCUT2D eigenvalue weighted by Gasteiger charge is 2.33. The van der Waals surface area contributed by atoms with Gasteiger partial charge in [-0.15, -0.1) is 0 Å². The maximum atomic E-state index is 11.4. The quantitative estimate of drug-likeness (QED) is 0.654. The smallest absolute Gasteiger partial charge is 0.308 e. The van der Waals surface area contributed by atoms with Gasteiger partial charge in [-0.3, -0.25) is 9.59 Å². The lowest BCUT2D eigenvalue weighted by Crippen LogP contribution is -2.28. The molecule has 0 aromatic heterocycles. The van der Waals surface area contributed by atoms with Crippen molar-refractivity contribution in [3.05, 3.63) is 0 Å². The summed E-state index contributed by atoms with van der Waals surface area (Å²) in [5, 5.41) is 8.79. The van der Waals surface area contributed by atoms with Crippen LogP contribution in [-0.2, 0) is 14.3 Å². The molecule has 16 heavy (non-hydrogen) atoms. The predicted octanol–water partition coefficient (Wildman–Crippen LogP) is 0.736. The van der Waals surface area contributed by atoms with Crippen LogP contribution in [0.4, 0.5) is 0 Å². The fourth-order valence-corrected chi connectivity index (χ4v) is 1.76. The number of hydrogen-bond donors (Lipinski definition) is 1. The standard InChI is InChI=1S/C11H19NO4/c1-2-5-16-6-3-4-12-8-9(11(14)15)7-10(12)13/h9H,2-8H2,1H3,(H,14,15). The number of carbonyl (C=O) groups excluding carboxylic acids is 1. The van der Waals surface area contributed by atoms with Gasteiger partial charge in [0.1, 0.15) is 0 Å². The molecule has 1 amide bonds. The number of hydrogen-bond acceptors (Lipinski definition) is 3. The van der Waals surface area contributed by atoms with E-state index in [1.54, 1.807) is 4.90 Å². The molecule has 1 aliphatic heterocycles. The summed E-state index contributed by atoms with van der Waals surface area (Å²) < 4.78 is 5.30. The Morgan fingerprint density at radius 3 is 2.88 bits per heavy atom. The van der Waals surface area contributed by atoms with Crippen LogP contribution in [0, 0.1) is 5.92 Å². The van der Waals surface area contributed by atoms with Gasteiger partial charge in [0.15, 0.2) is 0 Å². The minimum atomic E-state index is -0.877. The first-order valence-electron chi connectivity index (χ1n) is 5.73. The van der Waals surface area contributed by atoms with E-state index >= 15 is 0 Å². The third-order valence-corrected chi connectivity index (χ3v) is 2.63. The molecule has 0 spiro atoms. The van der Waals surface area contributed by atoms with Crippen LogP contribution in [0.3, 0.4) is 0 Å². The summed E-state index contributed by atoms with van der Waals surface area (Å²) >= 11 is 0. The summed E-state index contributed by atoms with van der Waals surface area (Å²) in [6.45, 7) is 4.37. The highest BCUT2D eigenvalue weighted by molar-refractivity contribution is 5.86. The van der Waals surface area contributed by atoms with Gasteiger partial charge in [-0.1, -0.05) is 6.92 Å². The van der Waals surface area contributed by atoms with Crippen molar-refractivity contribution in [1.82, 2.24) is 4.90 Å². The van der Waals surface area contributed by atoms with Crippen molar-refractivity contribution in [2.45, 2.75) is 26.2 Å². The highest BCUT2D eigenvalue weighted by Crippen LogP contribution is 2.17. The number of carbonyl (C=O) groups is 2. The molecule has 1 heterocycles. The molecule has 1 saturated heterocycles. The van der Waals surface area contributed by atoms with E-state index < -0.39 is 11.9 Å². The number of carboxylic acid groups (broad SMARTS) is 1. The Kier molecular flexibility index (Phi) is 5.25. The molecule has 1 rings (SSSR count). The van der Waals surface area contributed by atoms with Crippen LogP contribution in [0.2, 0.25) is 0 Å². The fourth-order valence-electron chi connectivity index (χ4n) is 1.76. The lowest BCUT2D eigenvalue weighted by molar-refractivity contribution is -0.141. The van der Waals surface area contributed by atoms with Crippen LogP contribution in [0.5, 0.6) is 0 Å². The van der Waals surface area contributed by atoms with Crippen LogP contribution >= 0.6 is 0 Å². The van der Waals surface area contributed by atoms with Crippen molar-refractivity contribution >= 4 is 11.9 Å². The Morgan fingerprint density at radius 1 is 1.56 bits per heavy atom. The van der Waals surface area contributed by atoms with Gasteiger partial charge < -0.3 is 14.7 Å². The van der Waals surface area contributed by atoms with Crippen molar-refractivity contribution in [2.75, 3.05) is 26.3 Å². The molecule has 0 radical (unpaired) electrons. The average molecular weight is 229 g/mol. The van der Waals surface area contributed by atoms with Gasteiger partial charge in [0.05, 0.1) is 5.92 Å². The summed E-state index contributed by atoms with van der Waals surface area (Å²) in [4.78, 5) is 23.8. The van der Waals surface area contributed by atoms with E-state index in [2.05, 4.69) is 0 Å². The molecule has 92 valence electrons. The van der Waals surface area contributed by atoms with Crippen LogP contribution in [0.25, 0.3) is 0 Å². The maximum absolute atomic E-state index is 11.4. The number of likely N-dealkylation sites (tertiary alicyclic amines) is 1. The topological polar surface area (TPSA) is 66.8 Å². The van der Waals surface area contributed by atoms with Crippen LogP contribution in [-0.4, -0.2) is 48.2 Å². The Hall–Kier alpha value is -1.10. The van der Waals surface area contributed by atoms with E-state index in [4.69, 9.17) is 9.84 Å². The molecule has 1 atom stereocenters. The van der Waals surface area contributed by atoms with Gasteiger partial charge in [0.25, 0.3) is 0 Å². The van der Waals surface area contributed by atoms with Crippen LogP contribution < -0.4 is 0 Å². The fraction of sp³-hybridized carbons (Fsp3) is 0.818. The molecule has 0 aliphatic carbocycles. The van der Waals surface area contributed by atoms with Gasteiger partial charge in [-0.2, -0.15) is 0 Å². The van der Waals surface area contributed by atoms with E-state index in [-0.39, 0.29) is 12.3 Å². The third-order valence-electron chi connectivity index (χ3n) is 2.63. The lowest BCUT2D eigenvalue weighted by atomic mass is 10.1. The van der Waals surface area contributed by atoms with Gasteiger partial charge in [0, 0.05) is 32.7 Å². The second-order valence-corrected chi connectivity index (χ2v) is 4.04. The molecule has 0 aromatic rings. The van der Waals surface area contributed by atoms with Crippen molar-refractivity contribution < 1.29 is 19.4 Å². The van der Waals surface area contributed by atoms with E-state index in [1.807, 2.05) is 6.92 Å². The van der Waals surface area contributed by atoms with Crippen molar-refractivity contribution in [2.24, 2.45) is 5.92 Å². The number of carboxylic acids is 1. The molecule has 1 N–H and O–H groups in total. The molecule has 1 aliphatic rings. The third kappa shape index (κ3) is 3.81. The van der Waals surface area contributed by atoms with Gasteiger partial charge in [-0.25, -0.2) is 0 Å². The van der Waals surface area contributed by atoms with Crippen LogP contribution in [0.1, 0.15) is 26.2 Å². The first-order chi connectivity index (χ1) is 7.65. The monoisotopic (exact) mass is 229 g/mol. The van der Waals surface area contributed by atoms with Gasteiger partial charge in [-0.05, 0) is 12.8 Å². The Balaban J connectivity index is 2.18. The zero-order valence-electron chi connectivity index (χ0n) is 9.65. The number of ether oxygens (including phenoxy) is 1. The summed E-state index contributed by atoms with van der Waals surface area (Å²) in [5.74, 6) is -1.45. The predicted molar refractivity (Wildman–Crippen MR) is 58.0 cm³/mol. The van der Waals surface area contributed by atoms with Crippen LogP contribution in [0.15, 0.2) is 0 Å². The first-order valence-corrected chi connectivity index (χ1v) is 5.73. The largest absolute Gasteiger partial charge is 0.481 e. The molecule has 1 fully saturated rings. The minimum Gasteiger partial charge on any atom is -0.481 e. The zero-order chi connectivity index (χ0) is 12.0. The normalized spacial score (nSPS) is 20.4. The maximum Gasteiger partial charge on any atom is 0.308 e. The summed E-state index contributed by atoms with van der Waals surface area (Å²) in [7, 11) is 0. The summed E-state index contributed by atoms with van der Waals surface area (Å²) in [5.41, 5.74) is 0. The molecule has 0 aromatic carbocycles. The Bertz CT molecular complexity index is 254. The van der Waals surface area contributed by atoms with Crippen molar-refractivity contribution in [3.63, 3.8) is 0 Å². The van der Waals surface area contributed by atoms with E-state index in [1.165, 1.54) is 0 Å². The minimum absolute atomic E-state index is 0.0529. The molecule has 0 saturated carbocycles. The number of nitrogens with zero attached hydrogens (tertiary/aromatic N) is 1. The lowest BCUT2D eigenvalue weighted by Gasteiger charge is -2.15. The van der Waals surface area contributed by atoms with E-state index in [0.29, 0.717) is 19.7 Å². The van der Waals surface area contributed by atoms with E-state index in [9.17, 15) is 9.59 Å².